The Hall–Kier alpha value is -5.68. The van der Waals surface area contributed by atoms with Crippen LogP contribution in [-0.2, 0) is 33.9 Å². The number of phenolic OH excluding ortho intramolecular Hbond substituents is 1. The van der Waals surface area contributed by atoms with E-state index >= 15 is 8.78 Å². The van der Waals surface area contributed by atoms with Crippen molar-refractivity contribution in [1.29, 1.82) is 0 Å². The quantitative estimate of drug-likeness (QED) is 0.268. The molecule has 314 valence electrons. The second-order valence-corrected chi connectivity index (χ2v) is 17.1. The van der Waals surface area contributed by atoms with E-state index in [-0.39, 0.29) is 53.1 Å². The Balaban J connectivity index is 0.799. The van der Waals surface area contributed by atoms with E-state index in [0.29, 0.717) is 69.7 Å². The number of fused-ring (bicyclic) bond motifs is 3. The lowest BCUT2D eigenvalue weighted by atomic mass is 9.71. The van der Waals surface area contributed by atoms with Crippen molar-refractivity contribution in [2.75, 3.05) is 39.3 Å². The molecule has 3 aromatic rings. The van der Waals surface area contributed by atoms with Crippen LogP contribution in [0.2, 0.25) is 0 Å². The molecule has 0 aromatic heterocycles. The Morgan fingerprint density at radius 1 is 0.883 bits per heavy atom. The summed E-state index contributed by atoms with van der Waals surface area (Å²) in [5.41, 5.74) is 2.13. The average Bonchev–Trinajstić information content (AvgIpc) is 3.68. The van der Waals surface area contributed by atoms with E-state index in [4.69, 9.17) is 0 Å². The summed E-state index contributed by atoms with van der Waals surface area (Å²) in [7, 11) is 0. The standard InChI is InChI=1S/C43H42F4N6O7/c1-22-10-23-11-27(54)2-3-28(23)38(52(22)18-34(46)47)37-31(44)14-24(15-32(37)45)40(58)51-20-43(21-51)6-8-50(9-7-43)36(56)19-49-16-25-12-29-30(13-26(25)17-49)42(60)53(41(29)59)33-4-5-35(55)48-39(33)57/h2-3,11-15,22,33-34,38,54H,4-10,16-21H2,1H3,(H,48,55,57)/t22-,33?,38-/m1/s1. The molecule has 9 rings (SSSR count). The molecule has 0 saturated carbocycles. The van der Waals surface area contributed by atoms with Crippen LogP contribution in [0.3, 0.4) is 0 Å². The summed E-state index contributed by atoms with van der Waals surface area (Å²) in [6.07, 6.45) is -1.12. The maximum Gasteiger partial charge on any atom is 0.262 e. The number of imide groups is 2. The number of phenols is 1. The van der Waals surface area contributed by atoms with Crippen LogP contribution in [0.25, 0.3) is 0 Å². The largest absolute Gasteiger partial charge is 0.508 e. The first-order valence-corrected chi connectivity index (χ1v) is 20.1. The highest BCUT2D eigenvalue weighted by molar-refractivity contribution is 6.23. The van der Waals surface area contributed by atoms with E-state index in [0.717, 1.165) is 28.2 Å². The SMILES string of the molecule is C[C@@H]1Cc2cc(O)ccc2[C@H](c2c(F)cc(C(=O)N3CC4(CCN(C(=O)CN5Cc6cc7c(cc6C5)C(=O)N(C5CCC(=O)NC5=O)C7=O)CC4)C3)cc2F)N1CC(F)F. The lowest BCUT2D eigenvalue weighted by Gasteiger charge is -2.54. The summed E-state index contributed by atoms with van der Waals surface area (Å²) in [4.78, 5) is 85.1. The minimum Gasteiger partial charge on any atom is -0.508 e. The molecule has 3 aromatic carbocycles. The number of likely N-dealkylation sites (tertiary alicyclic amines) is 2. The number of amides is 6. The van der Waals surface area contributed by atoms with Gasteiger partial charge in [-0.15, -0.1) is 0 Å². The van der Waals surface area contributed by atoms with E-state index < -0.39 is 77.8 Å². The molecular weight excluding hydrogens is 789 g/mol. The van der Waals surface area contributed by atoms with Crippen molar-refractivity contribution in [2.45, 2.75) is 76.7 Å². The molecule has 3 fully saturated rings. The second-order valence-electron chi connectivity index (χ2n) is 17.1. The highest BCUT2D eigenvalue weighted by Gasteiger charge is 2.49. The summed E-state index contributed by atoms with van der Waals surface area (Å²) >= 11 is 0. The normalized spacial score (nSPS) is 23.8. The summed E-state index contributed by atoms with van der Waals surface area (Å²) in [5, 5.41) is 12.2. The number of nitrogens with zero attached hydrogens (tertiary/aromatic N) is 5. The van der Waals surface area contributed by atoms with E-state index in [9.17, 15) is 42.7 Å². The number of rotatable bonds is 7. The van der Waals surface area contributed by atoms with Gasteiger partial charge in [0.2, 0.25) is 17.7 Å². The van der Waals surface area contributed by atoms with Crippen molar-refractivity contribution in [1.82, 2.24) is 29.8 Å². The highest BCUT2D eigenvalue weighted by atomic mass is 19.3. The van der Waals surface area contributed by atoms with Gasteiger partial charge in [-0.3, -0.25) is 48.8 Å². The number of hydrogen-bond acceptors (Lipinski definition) is 9. The zero-order chi connectivity index (χ0) is 42.4. The van der Waals surface area contributed by atoms with Gasteiger partial charge < -0.3 is 14.9 Å². The van der Waals surface area contributed by atoms with Gasteiger partial charge in [0.05, 0.1) is 30.3 Å². The van der Waals surface area contributed by atoms with Crippen molar-refractivity contribution in [3.05, 3.63) is 98.6 Å². The first kappa shape index (κ1) is 39.8. The Bertz CT molecular complexity index is 2310. The third-order valence-electron chi connectivity index (χ3n) is 13.2. The maximum atomic E-state index is 16.0. The van der Waals surface area contributed by atoms with Gasteiger partial charge in [0.25, 0.3) is 24.1 Å². The number of carbonyl (C=O) groups excluding carboxylic acids is 6. The highest BCUT2D eigenvalue weighted by Crippen LogP contribution is 2.44. The van der Waals surface area contributed by atoms with Crippen molar-refractivity contribution in [3.8, 4) is 5.75 Å². The molecule has 1 spiro atoms. The average molecular weight is 831 g/mol. The number of hydrogen-bond donors (Lipinski definition) is 2. The third kappa shape index (κ3) is 6.80. The first-order chi connectivity index (χ1) is 28.6. The number of halogens is 4. The molecule has 6 heterocycles. The molecule has 13 nitrogen and oxygen atoms in total. The zero-order valence-electron chi connectivity index (χ0n) is 32.7. The van der Waals surface area contributed by atoms with Crippen molar-refractivity contribution < 1.29 is 51.4 Å². The topological polar surface area (TPSA) is 151 Å². The minimum absolute atomic E-state index is 0.0290. The fourth-order valence-electron chi connectivity index (χ4n) is 10.1. The van der Waals surface area contributed by atoms with Gasteiger partial charge in [0.1, 0.15) is 23.4 Å². The Morgan fingerprint density at radius 3 is 2.12 bits per heavy atom. The fraction of sp³-hybridized carbons (Fsp3) is 0.442. The van der Waals surface area contributed by atoms with Gasteiger partial charge in [-0.1, -0.05) is 6.07 Å². The Kier molecular flexibility index (Phi) is 9.81. The van der Waals surface area contributed by atoms with E-state index in [1.807, 2.05) is 4.90 Å². The van der Waals surface area contributed by atoms with Crippen LogP contribution < -0.4 is 5.32 Å². The molecule has 3 atom stereocenters. The molecular formula is C43H42F4N6O7. The second kappa shape index (κ2) is 14.8. The molecule has 3 saturated heterocycles. The summed E-state index contributed by atoms with van der Waals surface area (Å²) < 4.78 is 59.4. The molecule has 6 amide bonds. The van der Waals surface area contributed by atoms with E-state index in [2.05, 4.69) is 5.32 Å². The van der Waals surface area contributed by atoms with E-state index in [1.165, 1.54) is 28.0 Å². The smallest absolute Gasteiger partial charge is 0.262 e. The molecule has 0 bridgehead atoms. The van der Waals surface area contributed by atoms with Gasteiger partial charge in [0.15, 0.2) is 0 Å². The van der Waals surface area contributed by atoms with E-state index in [1.54, 1.807) is 24.0 Å². The number of benzene rings is 3. The van der Waals surface area contributed by atoms with Crippen LogP contribution in [-0.4, -0.2) is 123 Å². The molecule has 17 heteroatoms. The molecule has 60 heavy (non-hydrogen) atoms. The number of alkyl halides is 2. The number of aromatic hydroxyl groups is 1. The molecule has 2 N–H and O–H groups in total. The maximum absolute atomic E-state index is 16.0. The monoisotopic (exact) mass is 830 g/mol. The van der Waals surface area contributed by atoms with Gasteiger partial charge in [-0.2, -0.15) is 0 Å². The van der Waals surface area contributed by atoms with Crippen LogP contribution in [0, 0.1) is 17.0 Å². The molecule has 1 unspecified atom stereocenters. The van der Waals surface area contributed by atoms with Crippen LogP contribution in [0.5, 0.6) is 5.75 Å². The predicted octanol–water partition coefficient (Wildman–Crippen LogP) is 3.75. The summed E-state index contributed by atoms with van der Waals surface area (Å²) in [6.45, 7) is 3.47. The number of nitrogens with one attached hydrogen (secondary N) is 1. The third-order valence-corrected chi connectivity index (χ3v) is 13.2. The lowest BCUT2D eigenvalue weighted by molar-refractivity contribution is -0.137. The summed E-state index contributed by atoms with van der Waals surface area (Å²) in [5.74, 6) is -5.03. The summed E-state index contributed by atoms with van der Waals surface area (Å²) in [6, 6.07) is 6.78. The van der Waals surface area contributed by atoms with Gasteiger partial charge in [0, 0.05) is 68.3 Å². The van der Waals surface area contributed by atoms with Crippen LogP contribution in [0.1, 0.15) is 97.5 Å². The Labute approximate surface area is 341 Å². The first-order valence-electron chi connectivity index (χ1n) is 20.1. The molecule has 0 aliphatic carbocycles. The number of piperidine rings is 2. The van der Waals surface area contributed by atoms with Crippen molar-refractivity contribution >= 4 is 35.4 Å². The predicted molar refractivity (Wildman–Crippen MR) is 204 cm³/mol. The van der Waals surface area contributed by atoms with Gasteiger partial charge in [-0.05, 0) is 91.3 Å². The molecule has 6 aliphatic rings. The van der Waals surface area contributed by atoms with Gasteiger partial charge >= 0.3 is 0 Å². The van der Waals surface area contributed by atoms with Crippen LogP contribution in [0.4, 0.5) is 17.6 Å². The minimum atomic E-state index is -2.76. The van der Waals surface area contributed by atoms with Gasteiger partial charge in [-0.25, -0.2) is 17.6 Å². The van der Waals surface area contributed by atoms with Crippen molar-refractivity contribution in [3.63, 3.8) is 0 Å². The zero-order valence-corrected chi connectivity index (χ0v) is 32.7. The van der Waals surface area contributed by atoms with Crippen molar-refractivity contribution in [2.24, 2.45) is 5.41 Å². The molecule has 0 radical (unpaired) electrons. The van der Waals surface area contributed by atoms with Crippen LogP contribution in [0.15, 0.2) is 42.5 Å². The fourth-order valence-corrected chi connectivity index (χ4v) is 10.1. The Morgan fingerprint density at radius 2 is 1.52 bits per heavy atom. The number of carbonyl (C=O) groups is 6. The van der Waals surface area contributed by atoms with Crippen LogP contribution >= 0.6 is 0 Å². The molecule has 6 aliphatic heterocycles. The lowest BCUT2D eigenvalue weighted by Crippen LogP contribution is -2.62.